The third-order valence-electron chi connectivity index (χ3n) is 2.98. The number of hydrogen-bond acceptors (Lipinski definition) is 4. The van der Waals surface area contributed by atoms with Gasteiger partial charge in [-0.2, -0.15) is 5.10 Å². The fourth-order valence-corrected chi connectivity index (χ4v) is 2.92. The molecule has 0 aliphatic rings. The van der Waals surface area contributed by atoms with Crippen molar-refractivity contribution in [1.82, 2.24) is 9.78 Å². The van der Waals surface area contributed by atoms with E-state index in [9.17, 15) is 9.90 Å². The fourth-order valence-electron chi connectivity index (χ4n) is 2.04. The van der Waals surface area contributed by atoms with Gasteiger partial charge >= 0.3 is 5.97 Å². The number of aryl methyl sites for hydroxylation is 3. The second-order valence-corrected chi connectivity index (χ2v) is 5.87. The third kappa shape index (κ3) is 2.63. The number of thiophene rings is 1. The van der Waals surface area contributed by atoms with Crippen molar-refractivity contribution >= 4 is 23.1 Å². The zero-order chi connectivity index (χ0) is 14.2. The minimum Gasteiger partial charge on any atom is -0.477 e. The van der Waals surface area contributed by atoms with E-state index in [1.54, 1.807) is 30.0 Å². The van der Waals surface area contributed by atoms with Crippen molar-refractivity contribution in [3.8, 4) is 0 Å². The first kappa shape index (κ1) is 13.6. The van der Waals surface area contributed by atoms with E-state index in [0.29, 0.717) is 11.5 Å². The minimum atomic E-state index is -0.956. The molecule has 0 aliphatic carbocycles. The average Bonchev–Trinajstić information content (AvgIpc) is 2.84. The van der Waals surface area contributed by atoms with Crippen LogP contribution in [0.2, 0.25) is 0 Å². The minimum absolute atomic E-state index is 0.0478. The van der Waals surface area contributed by atoms with Crippen molar-refractivity contribution in [1.29, 1.82) is 0 Å². The van der Waals surface area contributed by atoms with Crippen molar-refractivity contribution in [2.24, 2.45) is 7.05 Å². The summed E-state index contributed by atoms with van der Waals surface area (Å²) >= 11 is 1.70. The van der Waals surface area contributed by atoms with Crippen LogP contribution in [0.5, 0.6) is 0 Å². The van der Waals surface area contributed by atoms with E-state index < -0.39 is 5.97 Å². The molecule has 0 saturated heterocycles. The monoisotopic (exact) mass is 279 g/mol. The van der Waals surface area contributed by atoms with Crippen LogP contribution in [0, 0.1) is 13.8 Å². The summed E-state index contributed by atoms with van der Waals surface area (Å²) in [5.74, 6) is -0.411. The molecular weight excluding hydrogens is 262 g/mol. The topological polar surface area (TPSA) is 67.2 Å². The Balaban J connectivity index is 2.31. The zero-order valence-corrected chi connectivity index (χ0v) is 12.2. The molecule has 6 heteroatoms. The van der Waals surface area contributed by atoms with Gasteiger partial charge in [-0.15, -0.1) is 11.3 Å². The van der Waals surface area contributed by atoms with E-state index in [4.69, 9.17) is 0 Å². The molecule has 2 aromatic heterocycles. The number of aromatic carboxylic acids is 1. The van der Waals surface area contributed by atoms with Crippen LogP contribution >= 0.6 is 11.3 Å². The summed E-state index contributed by atoms with van der Waals surface area (Å²) in [6.07, 6.45) is 0. The highest BCUT2D eigenvalue weighted by molar-refractivity contribution is 7.12. The first-order valence-electron chi connectivity index (χ1n) is 6.00. The van der Waals surface area contributed by atoms with Crippen LogP contribution in [0.15, 0.2) is 12.1 Å². The number of carboxylic acids is 1. The largest absolute Gasteiger partial charge is 0.477 e. The Morgan fingerprint density at radius 3 is 2.68 bits per heavy atom. The second-order valence-electron chi connectivity index (χ2n) is 4.55. The lowest BCUT2D eigenvalue weighted by molar-refractivity contribution is 0.0697. The average molecular weight is 279 g/mol. The van der Waals surface area contributed by atoms with Crippen LogP contribution in [0.25, 0.3) is 0 Å². The Morgan fingerprint density at radius 2 is 2.16 bits per heavy atom. The Kier molecular flexibility index (Phi) is 3.61. The van der Waals surface area contributed by atoms with Gasteiger partial charge < -0.3 is 10.4 Å². The molecule has 102 valence electrons. The molecule has 0 bridgehead atoms. The summed E-state index contributed by atoms with van der Waals surface area (Å²) in [5.41, 5.74) is 0.759. The van der Waals surface area contributed by atoms with Gasteiger partial charge in [0.2, 0.25) is 0 Å². The number of rotatable bonds is 4. The number of anilines is 1. The molecule has 0 spiro atoms. The van der Waals surface area contributed by atoms with Gasteiger partial charge in [0.05, 0.1) is 11.7 Å². The molecule has 2 rings (SSSR count). The molecule has 2 N–H and O–H groups in total. The van der Waals surface area contributed by atoms with E-state index in [1.165, 1.54) is 9.75 Å². The first-order valence-corrected chi connectivity index (χ1v) is 6.81. The van der Waals surface area contributed by atoms with Crippen LogP contribution in [-0.4, -0.2) is 20.9 Å². The van der Waals surface area contributed by atoms with Crippen LogP contribution in [-0.2, 0) is 7.05 Å². The van der Waals surface area contributed by atoms with Crippen molar-refractivity contribution < 1.29 is 9.90 Å². The standard InChI is InChI=1S/C13H17N3O2S/c1-7-5-6-10(19-7)8(2)14-12-11(13(17)18)9(3)15-16(12)4/h5-6,8,14H,1-4H3,(H,17,18). The van der Waals surface area contributed by atoms with E-state index in [0.717, 1.165) is 0 Å². The lowest BCUT2D eigenvalue weighted by Crippen LogP contribution is -2.12. The van der Waals surface area contributed by atoms with Crippen LogP contribution in [0.1, 0.15) is 38.8 Å². The van der Waals surface area contributed by atoms with Crippen LogP contribution < -0.4 is 5.32 Å². The quantitative estimate of drug-likeness (QED) is 0.903. The highest BCUT2D eigenvalue weighted by Crippen LogP contribution is 2.28. The highest BCUT2D eigenvalue weighted by atomic mass is 32.1. The van der Waals surface area contributed by atoms with Crippen molar-refractivity contribution in [2.45, 2.75) is 26.8 Å². The van der Waals surface area contributed by atoms with Crippen molar-refractivity contribution in [3.63, 3.8) is 0 Å². The SMILES string of the molecule is Cc1ccc(C(C)Nc2c(C(=O)O)c(C)nn2C)s1. The molecule has 2 heterocycles. The molecular formula is C13H17N3O2S. The van der Waals surface area contributed by atoms with Crippen molar-refractivity contribution in [3.05, 3.63) is 33.1 Å². The molecule has 0 radical (unpaired) electrons. The lowest BCUT2D eigenvalue weighted by atomic mass is 10.2. The third-order valence-corrected chi connectivity index (χ3v) is 4.16. The maximum absolute atomic E-state index is 11.3. The first-order chi connectivity index (χ1) is 8.90. The molecule has 0 aromatic carbocycles. The number of nitrogens with zero attached hydrogens (tertiary/aromatic N) is 2. The number of hydrogen-bond donors (Lipinski definition) is 2. The lowest BCUT2D eigenvalue weighted by Gasteiger charge is -2.14. The summed E-state index contributed by atoms with van der Waals surface area (Å²) in [4.78, 5) is 13.7. The summed E-state index contributed by atoms with van der Waals surface area (Å²) in [5, 5.41) is 16.7. The number of carboxylic acid groups (broad SMARTS) is 1. The maximum atomic E-state index is 11.3. The molecule has 0 fully saturated rings. The summed E-state index contributed by atoms with van der Waals surface area (Å²) in [7, 11) is 1.74. The van der Waals surface area contributed by atoms with Gasteiger partial charge in [0, 0.05) is 16.8 Å². The Hall–Kier alpha value is -1.82. The Morgan fingerprint density at radius 1 is 1.47 bits per heavy atom. The van der Waals surface area contributed by atoms with Gasteiger partial charge in [0.25, 0.3) is 0 Å². The van der Waals surface area contributed by atoms with E-state index in [-0.39, 0.29) is 11.6 Å². The van der Waals surface area contributed by atoms with Gasteiger partial charge in [0.15, 0.2) is 0 Å². The predicted molar refractivity (Wildman–Crippen MR) is 76.0 cm³/mol. The van der Waals surface area contributed by atoms with Gasteiger partial charge in [0.1, 0.15) is 11.4 Å². The Labute approximate surface area is 115 Å². The van der Waals surface area contributed by atoms with E-state index in [1.807, 2.05) is 6.92 Å². The van der Waals surface area contributed by atoms with E-state index >= 15 is 0 Å². The van der Waals surface area contributed by atoms with Gasteiger partial charge in [-0.1, -0.05) is 0 Å². The normalized spacial score (nSPS) is 12.4. The van der Waals surface area contributed by atoms with Gasteiger partial charge in [-0.3, -0.25) is 4.68 Å². The molecule has 19 heavy (non-hydrogen) atoms. The molecule has 1 unspecified atom stereocenters. The number of nitrogens with one attached hydrogen (secondary N) is 1. The fraction of sp³-hybridized carbons (Fsp3) is 0.385. The van der Waals surface area contributed by atoms with E-state index in [2.05, 4.69) is 29.5 Å². The van der Waals surface area contributed by atoms with Gasteiger partial charge in [-0.05, 0) is 32.9 Å². The van der Waals surface area contributed by atoms with Crippen LogP contribution in [0.3, 0.4) is 0 Å². The summed E-state index contributed by atoms with van der Waals surface area (Å²) in [6.45, 7) is 5.77. The zero-order valence-electron chi connectivity index (χ0n) is 11.4. The molecule has 0 amide bonds. The van der Waals surface area contributed by atoms with Crippen LogP contribution in [0.4, 0.5) is 5.82 Å². The highest BCUT2D eigenvalue weighted by Gasteiger charge is 2.21. The summed E-state index contributed by atoms with van der Waals surface area (Å²) in [6, 6.07) is 4.16. The molecule has 5 nitrogen and oxygen atoms in total. The smallest absolute Gasteiger partial charge is 0.341 e. The predicted octanol–water partition coefficient (Wildman–Crippen LogP) is 2.97. The maximum Gasteiger partial charge on any atom is 0.341 e. The molecule has 0 saturated carbocycles. The molecule has 1 atom stereocenters. The number of carbonyl (C=O) groups is 1. The number of aromatic nitrogens is 2. The van der Waals surface area contributed by atoms with Gasteiger partial charge in [-0.25, -0.2) is 4.79 Å². The second kappa shape index (κ2) is 5.05. The summed E-state index contributed by atoms with van der Waals surface area (Å²) < 4.78 is 1.58. The van der Waals surface area contributed by atoms with Crippen molar-refractivity contribution in [2.75, 3.05) is 5.32 Å². The molecule has 0 aliphatic heterocycles. The Bertz CT molecular complexity index is 615. The molecule has 2 aromatic rings.